The molecule has 2 N–H and O–H groups in total. The number of para-hydroxylation sites is 1. The van der Waals surface area contributed by atoms with Crippen LogP contribution >= 0.6 is 0 Å². The van der Waals surface area contributed by atoms with Crippen molar-refractivity contribution in [2.75, 3.05) is 20.2 Å². The van der Waals surface area contributed by atoms with Crippen molar-refractivity contribution in [1.82, 2.24) is 15.2 Å². The molecule has 134 valence electrons. The Labute approximate surface area is 147 Å². The number of aromatic nitrogens is 1. The van der Waals surface area contributed by atoms with Crippen LogP contribution in [0.3, 0.4) is 0 Å². The monoisotopic (exact) mass is 343 g/mol. The first-order chi connectivity index (χ1) is 12.1. The van der Waals surface area contributed by atoms with Gasteiger partial charge in [0.25, 0.3) is 0 Å². The van der Waals surface area contributed by atoms with Gasteiger partial charge in [-0.3, -0.25) is 9.69 Å². The number of H-pyrrole nitrogens is 1. The summed E-state index contributed by atoms with van der Waals surface area (Å²) in [6.07, 6.45) is 2.88. The number of piperidine rings is 1. The van der Waals surface area contributed by atoms with Crippen molar-refractivity contribution >= 4 is 22.9 Å². The molecule has 1 aromatic heterocycles. The Kier molecular flexibility index (Phi) is 5.26. The molecular weight excluding hydrogens is 318 g/mol. The summed E-state index contributed by atoms with van der Waals surface area (Å²) < 4.78 is 4.80. The molecule has 0 unspecified atom stereocenters. The zero-order valence-corrected chi connectivity index (χ0v) is 14.8. The average molecular weight is 343 g/mol. The number of nitrogens with one attached hydrogen (secondary N) is 2. The van der Waals surface area contributed by atoms with Crippen molar-refractivity contribution in [3.8, 4) is 0 Å². The van der Waals surface area contributed by atoms with Gasteiger partial charge in [-0.05, 0) is 44.2 Å². The number of carbonyl (C=O) groups excluding carboxylic acids is 2. The van der Waals surface area contributed by atoms with Gasteiger partial charge in [-0.25, -0.2) is 4.79 Å². The van der Waals surface area contributed by atoms with Crippen molar-refractivity contribution in [3.05, 3.63) is 35.5 Å². The second kappa shape index (κ2) is 7.59. The summed E-state index contributed by atoms with van der Waals surface area (Å²) >= 11 is 0. The van der Waals surface area contributed by atoms with Crippen LogP contribution in [-0.2, 0) is 16.0 Å². The minimum Gasteiger partial charge on any atom is -0.453 e. The SMILES string of the molecule is COC(=O)N1CCCC[C@H]1C(=O)NCCc1c(C)[nH]c2ccccc12. The van der Waals surface area contributed by atoms with Gasteiger partial charge in [-0.1, -0.05) is 18.2 Å². The Morgan fingerprint density at radius 2 is 2.12 bits per heavy atom. The number of benzene rings is 1. The smallest absolute Gasteiger partial charge is 0.410 e. The molecular formula is C19H25N3O3. The Hall–Kier alpha value is -2.50. The summed E-state index contributed by atoms with van der Waals surface area (Å²) in [7, 11) is 1.35. The summed E-state index contributed by atoms with van der Waals surface area (Å²) in [6.45, 7) is 3.18. The van der Waals surface area contributed by atoms with Crippen molar-refractivity contribution in [2.24, 2.45) is 0 Å². The molecule has 1 aliphatic rings. The Balaban J connectivity index is 1.61. The predicted octanol–water partition coefficient (Wildman–Crippen LogP) is 2.76. The summed E-state index contributed by atoms with van der Waals surface area (Å²) in [5.74, 6) is -0.0948. The van der Waals surface area contributed by atoms with Gasteiger partial charge in [0.15, 0.2) is 0 Å². The maximum Gasteiger partial charge on any atom is 0.410 e. The van der Waals surface area contributed by atoms with Gasteiger partial charge in [0.05, 0.1) is 7.11 Å². The first-order valence-corrected chi connectivity index (χ1v) is 8.80. The molecule has 2 heterocycles. The minimum atomic E-state index is -0.426. The predicted molar refractivity (Wildman–Crippen MR) is 96.5 cm³/mol. The zero-order valence-electron chi connectivity index (χ0n) is 14.8. The number of fused-ring (bicyclic) bond motifs is 1. The van der Waals surface area contributed by atoms with E-state index in [1.807, 2.05) is 12.1 Å². The van der Waals surface area contributed by atoms with Gasteiger partial charge < -0.3 is 15.0 Å². The summed E-state index contributed by atoms with van der Waals surface area (Å²) in [4.78, 5) is 29.3. The van der Waals surface area contributed by atoms with Crippen LogP contribution in [0.5, 0.6) is 0 Å². The topological polar surface area (TPSA) is 74.4 Å². The maximum atomic E-state index is 12.5. The van der Waals surface area contributed by atoms with Crippen LogP contribution in [0.2, 0.25) is 0 Å². The van der Waals surface area contributed by atoms with E-state index in [0.717, 1.165) is 30.5 Å². The lowest BCUT2D eigenvalue weighted by atomic mass is 10.0. The number of amides is 2. The number of aromatic amines is 1. The van der Waals surface area contributed by atoms with Crippen LogP contribution in [0.1, 0.15) is 30.5 Å². The highest BCUT2D eigenvalue weighted by Gasteiger charge is 2.32. The molecule has 0 bridgehead atoms. The van der Waals surface area contributed by atoms with E-state index in [4.69, 9.17) is 4.74 Å². The molecule has 2 amide bonds. The van der Waals surface area contributed by atoms with E-state index in [0.29, 0.717) is 19.5 Å². The molecule has 3 rings (SSSR count). The first kappa shape index (κ1) is 17.3. The third-order valence-corrected chi connectivity index (χ3v) is 4.92. The van der Waals surface area contributed by atoms with Crippen molar-refractivity contribution < 1.29 is 14.3 Å². The van der Waals surface area contributed by atoms with E-state index in [1.165, 1.54) is 23.0 Å². The van der Waals surface area contributed by atoms with Gasteiger partial charge in [0.2, 0.25) is 5.91 Å². The second-order valence-corrected chi connectivity index (χ2v) is 6.49. The number of likely N-dealkylation sites (tertiary alicyclic amines) is 1. The van der Waals surface area contributed by atoms with E-state index in [1.54, 1.807) is 0 Å². The van der Waals surface area contributed by atoms with Crippen LogP contribution in [0.25, 0.3) is 10.9 Å². The maximum absolute atomic E-state index is 12.5. The highest BCUT2D eigenvalue weighted by atomic mass is 16.5. The van der Waals surface area contributed by atoms with Crippen LogP contribution in [-0.4, -0.2) is 48.1 Å². The van der Waals surface area contributed by atoms with Gasteiger partial charge in [0, 0.05) is 29.7 Å². The molecule has 6 heteroatoms. The second-order valence-electron chi connectivity index (χ2n) is 6.49. The third kappa shape index (κ3) is 3.62. The van der Waals surface area contributed by atoms with Crippen molar-refractivity contribution in [1.29, 1.82) is 0 Å². The number of hydrogen-bond donors (Lipinski definition) is 2. The number of hydrogen-bond acceptors (Lipinski definition) is 3. The largest absolute Gasteiger partial charge is 0.453 e. The molecule has 1 fully saturated rings. The molecule has 1 aliphatic heterocycles. The Bertz CT molecular complexity index is 768. The highest BCUT2D eigenvalue weighted by Crippen LogP contribution is 2.22. The molecule has 6 nitrogen and oxygen atoms in total. The number of methoxy groups -OCH3 is 1. The summed E-state index contributed by atoms with van der Waals surface area (Å²) in [5, 5.41) is 4.19. The van der Waals surface area contributed by atoms with Crippen LogP contribution < -0.4 is 5.32 Å². The molecule has 0 saturated carbocycles. The fraction of sp³-hybridized carbons (Fsp3) is 0.474. The number of aryl methyl sites for hydroxylation is 1. The number of rotatable bonds is 4. The highest BCUT2D eigenvalue weighted by molar-refractivity contribution is 5.86. The third-order valence-electron chi connectivity index (χ3n) is 4.92. The Morgan fingerprint density at radius 3 is 2.92 bits per heavy atom. The van der Waals surface area contributed by atoms with E-state index in [9.17, 15) is 9.59 Å². The van der Waals surface area contributed by atoms with Crippen LogP contribution in [0, 0.1) is 6.92 Å². The van der Waals surface area contributed by atoms with Crippen LogP contribution in [0.4, 0.5) is 4.79 Å². The summed E-state index contributed by atoms with van der Waals surface area (Å²) in [5.41, 5.74) is 3.47. The van der Waals surface area contributed by atoms with Gasteiger partial charge >= 0.3 is 6.09 Å². The lowest BCUT2D eigenvalue weighted by Crippen LogP contribution is -2.52. The van der Waals surface area contributed by atoms with E-state index in [2.05, 4.69) is 29.4 Å². The van der Waals surface area contributed by atoms with Gasteiger partial charge in [-0.2, -0.15) is 0 Å². The molecule has 25 heavy (non-hydrogen) atoms. The fourth-order valence-electron chi connectivity index (χ4n) is 3.63. The molecule has 0 radical (unpaired) electrons. The van der Waals surface area contributed by atoms with E-state index >= 15 is 0 Å². The molecule has 1 atom stereocenters. The normalized spacial score (nSPS) is 17.5. The number of nitrogens with zero attached hydrogens (tertiary/aromatic N) is 1. The standard InChI is InChI=1S/C19H25N3O3/c1-13-14(15-7-3-4-8-16(15)21-13)10-11-20-18(23)17-9-5-6-12-22(17)19(24)25-2/h3-4,7-8,17,21H,5-6,9-12H2,1-2H3,(H,20,23)/t17-/m0/s1. The molecule has 0 aliphatic carbocycles. The summed E-state index contributed by atoms with van der Waals surface area (Å²) in [6, 6.07) is 7.75. The first-order valence-electron chi connectivity index (χ1n) is 8.80. The van der Waals surface area contributed by atoms with Crippen molar-refractivity contribution in [2.45, 2.75) is 38.6 Å². The number of ether oxygens (including phenoxy) is 1. The van der Waals surface area contributed by atoms with E-state index in [-0.39, 0.29) is 5.91 Å². The molecule has 0 spiro atoms. The zero-order chi connectivity index (χ0) is 17.8. The molecule has 1 saturated heterocycles. The average Bonchev–Trinajstić information content (AvgIpc) is 2.96. The van der Waals surface area contributed by atoms with Crippen molar-refractivity contribution in [3.63, 3.8) is 0 Å². The molecule has 2 aromatic rings. The minimum absolute atomic E-state index is 0.0948. The van der Waals surface area contributed by atoms with E-state index < -0.39 is 12.1 Å². The van der Waals surface area contributed by atoms with Gasteiger partial charge in [0.1, 0.15) is 6.04 Å². The van der Waals surface area contributed by atoms with Crippen LogP contribution in [0.15, 0.2) is 24.3 Å². The lowest BCUT2D eigenvalue weighted by Gasteiger charge is -2.33. The van der Waals surface area contributed by atoms with Gasteiger partial charge in [-0.15, -0.1) is 0 Å². The molecule has 1 aromatic carbocycles. The quantitative estimate of drug-likeness (QED) is 0.896. The fourth-order valence-corrected chi connectivity index (χ4v) is 3.63. The number of carbonyl (C=O) groups is 2. The Morgan fingerprint density at radius 1 is 1.32 bits per heavy atom. The lowest BCUT2D eigenvalue weighted by molar-refractivity contribution is -0.126.